The second-order valence-electron chi connectivity index (χ2n) is 7.01. The van der Waals surface area contributed by atoms with Gasteiger partial charge in [-0.1, -0.05) is 48.9 Å². The van der Waals surface area contributed by atoms with Crippen LogP contribution in [0.15, 0.2) is 54.6 Å². The second kappa shape index (κ2) is 10.1. The van der Waals surface area contributed by atoms with Crippen LogP contribution in [0, 0.1) is 0 Å². The van der Waals surface area contributed by atoms with Crippen molar-refractivity contribution in [2.45, 2.75) is 38.3 Å². The molecule has 1 amide bonds. The number of carbonyl (C=O) groups is 1. The summed E-state index contributed by atoms with van der Waals surface area (Å²) >= 11 is 0. The highest BCUT2D eigenvalue weighted by Gasteiger charge is 2.20. The number of aryl methyl sites for hydroxylation is 2. The molecule has 1 unspecified atom stereocenters. The second-order valence-corrected chi connectivity index (χ2v) is 7.01. The first kappa shape index (κ1) is 21.0. The maximum atomic E-state index is 12.3. The highest BCUT2D eigenvalue weighted by atomic mass is 35.5. The van der Waals surface area contributed by atoms with E-state index in [4.69, 9.17) is 0 Å². The van der Waals surface area contributed by atoms with Crippen LogP contribution in [-0.4, -0.2) is 38.7 Å². The summed E-state index contributed by atoms with van der Waals surface area (Å²) in [6.45, 7) is 1.57. The molecule has 0 spiro atoms. The van der Waals surface area contributed by atoms with E-state index in [0.717, 1.165) is 49.0 Å². The number of piperidine rings is 1. The summed E-state index contributed by atoms with van der Waals surface area (Å²) in [5.74, 6) is 0.683. The Bertz CT molecular complexity index is 906. The van der Waals surface area contributed by atoms with Gasteiger partial charge in [0.05, 0.1) is 12.6 Å². The number of amides is 1. The predicted octanol–water partition coefficient (Wildman–Crippen LogP) is 3.09. The van der Waals surface area contributed by atoms with Gasteiger partial charge in [-0.2, -0.15) is 4.80 Å². The van der Waals surface area contributed by atoms with Crippen molar-refractivity contribution in [2.24, 2.45) is 0 Å². The molecular weight excluding hydrogens is 388 g/mol. The molecule has 1 fully saturated rings. The van der Waals surface area contributed by atoms with E-state index in [1.165, 1.54) is 0 Å². The summed E-state index contributed by atoms with van der Waals surface area (Å²) in [4.78, 5) is 13.9. The number of carbonyl (C=O) groups excluding carboxylic acids is 1. The number of benzene rings is 2. The third-order valence-electron chi connectivity index (χ3n) is 4.93. The fourth-order valence-electron chi connectivity index (χ4n) is 3.33. The van der Waals surface area contributed by atoms with Crippen molar-refractivity contribution in [3.63, 3.8) is 0 Å². The molecule has 1 atom stereocenters. The third-order valence-corrected chi connectivity index (χ3v) is 4.93. The number of halogens is 1. The third kappa shape index (κ3) is 5.62. The lowest BCUT2D eigenvalue weighted by molar-refractivity contribution is -0.118. The Kier molecular flexibility index (Phi) is 7.32. The normalized spacial score (nSPS) is 16.1. The first-order chi connectivity index (χ1) is 13.8. The van der Waals surface area contributed by atoms with Gasteiger partial charge in [-0.15, -0.1) is 22.6 Å². The van der Waals surface area contributed by atoms with Gasteiger partial charge in [0.25, 0.3) is 0 Å². The fraction of sp³-hybridized carbons (Fsp3) is 0.333. The number of rotatable bonds is 6. The molecule has 0 bridgehead atoms. The zero-order valence-corrected chi connectivity index (χ0v) is 16.9. The molecule has 1 aliphatic rings. The molecule has 7 nitrogen and oxygen atoms in total. The number of nitrogens with one attached hydrogen (secondary N) is 2. The van der Waals surface area contributed by atoms with Crippen LogP contribution < -0.4 is 10.6 Å². The summed E-state index contributed by atoms with van der Waals surface area (Å²) in [6, 6.07) is 17.7. The van der Waals surface area contributed by atoms with Gasteiger partial charge in [0.15, 0.2) is 0 Å². The Morgan fingerprint density at radius 3 is 2.62 bits per heavy atom. The lowest BCUT2D eigenvalue weighted by Gasteiger charge is -2.22. The van der Waals surface area contributed by atoms with E-state index < -0.39 is 0 Å². The van der Waals surface area contributed by atoms with Gasteiger partial charge >= 0.3 is 0 Å². The molecule has 8 heteroatoms. The molecule has 0 aliphatic carbocycles. The molecule has 3 aromatic rings. The zero-order chi connectivity index (χ0) is 19.2. The smallest absolute Gasteiger partial charge is 0.241 e. The Balaban J connectivity index is 0.00000240. The predicted molar refractivity (Wildman–Crippen MR) is 115 cm³/mol. The summed E-state index contributed by atoms with van der Waals surface area (Å²) < 4.78 is 0. The fourth-order valence-corrected chi connectivity index (χ4v) is 3.33. The molecular formula is C21H25ClN6O. The standard InChI is InChI=1S/C21H24N6O.ClH/c28-21(19-8-4-5-14-22-19)23-18-11-9-16(10-12-18)13-15-27-25-20(24-26-27)17-6-2-1-3-7-17;/h1-3,6-7,9-12,19,22H,4-5,8,13-15H2,(H,23,28);1H. The number of hydrogen-bond donors (Lipinski definition) is 2. The van der Waals surface area contributed by atoms with Gasteiger partial charge in [-0.3, -0.25) is 4.79 Å². The lowest BCUT2D eigenvalue weighted by atomic mass is 10.0. The van der Waals surface area contributed by atoms with Crippen LogP contribution >= 0.6 is 12.4 Å². The molecule has 4 rings (SSSR count). The van der Waals surface area contributed by atoms with Gasteiger partial charge in [0.1, 0.15) is 0 Å². The maximum absolute atomic E-state index is 12.3. The number of nitrogens with zero attached hydrogens (tertiary/aromatic N) is 4. The molecule has 1 aromatic heterocycles. The summed E-state index contributed by atoms with van der Waals surface area (Å²) in [5.41, 5.74) is 2.94. The molecule has 152 valence electrons. The highest BCUT2D eigenvalue weighted by molar-refractivity contribution is 5.94. The van der Waals surface area contributed by atoms with Crippen molar-refractivity contribution < 1.29 is 4.79 Å². The monoisotopic (exact) mass is 412 g/mol. The van der Waals surface area contributed by atoms with Gasteiger partial charge < -0.3 is 10.6 Å². The van der Waals surface area contributed by atoms with E-state index in [9.17, 15) is 4.79 Å². The lowest BCUT2D eigenvalue weighted by Crippen LogP contribution is -2.43. The van der Waals surface area contributed by atoms with E-state index in [1.807, 2.05) is 54.6 Å². The minimum absolute atomic E-state index is 0. The minimum Gasteiger partial charge on any atom is -0.325 e. The van der Waals surface area contributed by atoms with Crippen molar-refractivity contribution in [1.82, 2.24) is 25.5 Å². The van der Waals surface area contributed by atoms with Crippen LogP contribution in [0.1, 0.15) is 24.8 Å². The van der Waals surface area contributed by atoms with Gasteiger partial charge in [-0.05, 0) is 48.7 Å². The minimum atomic E-state index is -0.0781. The number of aromatic nitrogens is 4. The van der Waals surface area contributed by atoms with Gasteiger partial charge in [0, 0.05) is 11.3 Å². The molecule has 2 aromatic carbocycles. The van der Waals surface area contributed by atoms with Crippen LogP contribution in [-0.2, 0) is 17.8 Å². The Morgan fingerprint density at radius 2 is 1.90 bits per heavy atom. The SMILES string of the molecule is Cl.O=C(Nc1ccc(CCn2nnc(-c3ccccc3)n2)cc1)C1CCCCN1. The van der Waals surface area contributed by atoms with Crippen molar-refractivity contribution in [3.8, 4) is 11.4 Å². The molecule has 29 heavy (non-hydrogen) atoms. The van der Waals surface area contributed by atoms with E-state index in [2.05, 4.69) is 26.0 Å². The van der Waals surface area contributed by atoms with Crippen LogP contribution in [0.2, 0.25) is 0 Å². The average Bonchev–Trinajstić information content (AvgIpc) is 3.24. The van der Waals surface area contributed by atoms with Crippen LogP contribution in [0.3, 0.4) is 0 Å². The van der Waals surface area contributed by atoms with E-state index in [0.29, 0.717) is 12.4 Å². The molecule has 2 heterocycles. The summed E-state index contributed by atoms with van der Waals surface area (Å²) in [6.07, 6.45) is 3.95. The highest BCUT2D eigenvalue weighted by Crippen LogP contribution is 2.14. The van der Waals surface area contributed by atoms with Crippen LogP contribution in [0.4, 0.5) is 5.69 Å². The molecule has 0 saturated carbocycles. The van der Waals surface area contributed by atoms with Crippen molar-refractivity contribution in [3.05, 3.63) is 60.2 Å². The van der Waals surface area contributed by atoms with E-state index in [-0.39, 0.29) is 24.4 Å². The average molecular weight is 413 g/mol. The topological polar surface area (TPSA) is 84.7 Å². The van der Waals surface area contributed by atoms with Crippen molar-refractivity contribution in [1.29, 1.82) is 0 Å². The Hall–Kier alpha value is -2.77. The molecule has 1 saturated heterocycles. The number of tetrazole rings is 1. The van der Waals surface area contributed by atoms with E-state index >= 15 is 0 Å². The zero-order valence-electron chi connectivity index (χ0n) is 16.1. The molecule has 1 aliphatic heterocycles. The largest absolute Gasteiger partial charge is 0.325 e. The quantitative estimate of drug-likeness (QED) is 0.649. The Labute approximate surface area is 176 Å². The van der Waals surface area contributed by atoms with E-state index in [1.54, 1.807) is 4.80 Å². The first-order valence-electron chi connectivity index (χ1n) is 9.74. The van der Waals surface area contributed by atoms with Gasteiger partial charge in [0.2, 0.25) is 11.7 Å². The first-order valence-corrected chi connectivity index (χ1v) is 9.74. The van der Waals surface area contributed by atoms with Crippen LogP contribution in [0.25, 0.3) is 11.4 Å². The maximum Gasteiger partial charge on any atom is 0.241 e. The summed E-state index contributed by atoms with van der Waals surface area (Å²) in [7, 11) is 0. The molecule has 2 N–H and O–H groups in total. The molecule has 0 radical (unpaired) electrons. The van der Waals surface area contributed by atoms with Crippen molar-refractivity contribution in [2.75, 3.05) is 11.9 Å². The number of hydrogen-bond acceptors (Lipinski definition) is 5. The Morgan fingerprint density at radius 1 is 1.10 bits per heavy atom. The van der Waals surface area contributed by atoms with Crippen LogP contribution in [0.5, 0.6) is 0 Å². The van der Waals surface area contributed by atoms with Crippen molar-refractivity contribution >= 4 is 24.0 Å². The van der Waals surface area contributed by atoms with Gasteiger partial charge in [-0.25, -0.2) is 0 Å². The summed E-state index contributed by atoms with van der Waals surface area (Å²) in [5, 5.41) is 18.9. The number of anilines is 1.